The van der Waals surface area contributed by atoms with Gasteiger partial charge in [0.15, 0.2) is 0 Å². The third-order valence-electron chi connectivity index (χ3n) is 5.02. The number of ether oxygens (including phenoxy) is 2. The average molecular weight is 382 g/mol. The minimum Gasteiger partial charge on any atom is -0.497 e. The third-order valence-corrected chi connectivity index (χ3v) is 5.02. The molecule has 0 spiro atoms. The van der Waals surface area contributed by atoms with Gasteiger partial charge in [0.25, 0.3) is 0 Å². The van der Waals surface area contributed by atoms with Crippen LogP contribution in [0.5, 0.6) is 11.5 Å². The number of nitrogens with zero attached hydrogens (tertiary/aromatic N) is 1. The number of amides is 2. The van der Waals surface area contributed by atoms with Crippen molar-refractivity contribution < 1.29 is 19.1 Å². The van der Waals surface area contributed by atoms with Crippen LogP contribution < -0.4 is 19.7 Å². The van der Waals surface area contributed by atoms with Gasteiger partial charge in [-0.1, -0.05) is 26.0 Å². The summed E-state index contributed by atoms with van der Waals surface area (Å²) in [4.78, 5) is 26.8. The molecule has 1 aliphatic rings. The topological polar surface area (TPSA) is 67.9 Å². The monoisotopic (exact) mass is 382 g/mol. The first kappa shape index (κ1) is 19.7. The van der Waals surface area contributed by atoms with E-state index < -0.39 is 5.92 Å². The van der Waals surface area contributed by atoms with Crippen LogP contribution in [0.1, 0.15) is 31.7 Å². The molecule has 1 saturated heterocycles. The van der Waals surface area contributed by atoms with Crippen LogP contribution in [-0.2, 0) is 9.59 Å². The standard InChI is InChI=1S/C22H26N2O4/c1-14(2)15-5-7-17(8-6-15)23-22(26)16-11-21(25)24(13-16)19-10-9-18(27-3)12-20(19)28-4/h5-10,12,14,16H,11,13H2,1-4H3,(H,23,26). The summed E-state index contributed by atoms with van der Waals surface area (Å²) in [5.74, 6) is 0.957. The van der Waals surface area contributed by atoms with E-state index in [9.17, 15) is 9.59 Å². The van der Waals surface area contributed by atoms with Crippen molar-refractivity contribution in [3.8, 4) is 11.5 Å². The van der Waals surface area contributed by atoms with Crippen molar-refractivity contribution in [1.29, 1.82) is 0 Å². The highest BCUT2D eigenvalue weighted by Crippen LogP contribution is 2.36. The van der Waals surface area contributed by atoms with E-state index in [4.69, 9.17) is 9.47 Å². The molecule has 6 nitrogen and oxygen atoms in total. The number of nitrogens with one attached hydrogen (secondary N) is 1. The lowest BCUT2D eigenvalue weighted by Crippen LogP contribution is -2.28. The Labute approximate surface area is 165 Å². The molecule has 0 aliphatic carbocycles. The van der Waals surface area contributed by atoms with Crippen molar-refractivity contribution in [2.45, 2.75) is 26.2 Å². The lowest BCUT2D eigenvalue weighted by atomic mass is 10.0. The molecule has 1 fully saturated rings. The zero-order chi connectivity index (χ0) is 20.3. The van der Waals surface area contributed by atoms with Crippen LogP contribution in [0.4, 0.5) is 11.4 Å². The molecular formula is C22H26N2O4. The highest BCUT2D eigenvalue weighted by Gasteiger charge is 2.36. The second kappa shape index (κ2) is 8.33. The molecule has 148 valence electrons. The molecule has 1 aliphatic heterocycles. The molecule has 2 amide bonds. The quantitative estimate of drug-likeness (QED) is 0.825. The van der Waals surface area contributed by atoms with E-state index >= 15 is 0 Å². The predicted molar refractivity (Wildman–Crippen MR) is 109 cm³/mol. The highest BCUT2D eigenvalue weighted by atomic mass is 16.5. The lowest BCUT2D eigenvalue weighted by Gasteiger charge is -2.20. The molecule has 1 atom stereocenters. The molecule has 1 heterocycles. The minimum atomic E-state index is -0.413. The van der Waals surface area contributed by atoms with Crippen LogP contribution in [0, 0.1) is 5.92 Å². The second-order valence-electron chi connectivity index (χ2n) is 7.21. The molecule has 2 aromatic carbocycles. The Hall–Kier alpha value is -3.02. The number of hydrogen-bond acceptors (Lipinski definition) is 4. The molecule has 2 aromatic rings. The van der Waals surface area contributed by atoms with Gasteiger partial charge in [0.05, 0.1) is 25.8 Å². The van der Waals surface area contributed by atoms with Crippen molar-refractivity contribution in [3.63, 3.8) is 0 Å². The van der Waals surface area contributed by atoms with Crippen molar-refractivity contribution in [3.05, 3.63) is 48.0 Å². The van der Waals surface area contributed by atoms with E-state index in [0.29, 0.717) is 29.6 Å². The molecular weight excluding hydrogens is 356 g/mol. The van der Waals surface area contributed by atoms with Crippen molar-refractivity contribution in [2.75, 3.05) is 31.0 Å². The molecule has 0 saturated carbocycles. The molecule has 0 bridgehead atoms. The van der Waals surface area contributed by atoms with Gasteiger partial charge in [0, 0.05) is 24.7 Å². The number of anilines is 2. The molecule has 0 aromatic heterocycles. The van der Waals surface area contributed by atoms with Gasteiger partial charge in [-0.25, -0.2) is 0 Å². The Morgan fingerprint density at radius 2 is 1.82 bits per heavy atom. The van der Waals surface area contributed by atoms with E-state index in [1.54, 1.807) is 37.3 Å². The van der Waals surface area contributed by atoms with Gasteiger partial charge in [-0.2, -0.15) is 0 Å². The molecule has 28 heavy (non-hydrogen) atoms. The van der Waals surface area contributed by atoms with Gasteiger partial charge < -0.3 is 19.7 Å². The Bertz CT molecular complexity index is 861. The Balaban J connectivity index is 1.71. The second-order valence-corrected chi connectivity index (χ2v) is 7.21. The Morgan fingerprint density at radius 3 is 2.43 bits per heavy atom. The van der Waals surface area contributed by atoms with Crippen molar-refractivity contribution >= 4 is 23.2 Å². The summed E-state index contributed by atoms with van der Waals surface area (Å²) in [6.07, 6.45) is 0.172. The van der Waals surface area contributed by atoms with E-state index in [1.165, 1.54) is 5.56 Å². The fraction of sp³-hybridized carbons (Fsp3) is 0.364. The van der Waals surface area contributed by atoms with Crippen molar-refractivity contribution in [2.24, 2.45) is 5.92 Å². The maximum atomic E-state index is 12.7. The van der Waals surface area contributed by atoms with E-state index in [0.717, 1.165) is 5.69 Å². The number of hydrogen-bond donors (Lipinski definition) is 1. The number of carbonyl (C=O) groups excluding carboxylic acids is 2. The van der Waals surface area contributed by atoms with E-state index in [-0.39, 0.29) is 18.2 Å². The molecule has 1 N–H and O–H groups in total. The first-order valence-electron chi connectivity index (χ1n) is 9.36. The summed E-state index contributed by atoms with van der Waals surface area (Å²) in [5.41, 5.74) is 2.60. The van der Waals surface area contributed by atoms with Crippen LogP contribution in [0.25, 0.3) is 0 Å². The van der Waals surface area contributed by atoms with Crippen LogP contribution in [-0.4, -0.2) is 32.6 Å². The van der Waals surface area contributed by atoms with Crippen LogP contribution in [0.15, 0.2) is 42.5 Å². The van der Waals surface area contributed by atoms with Gasteiger partial charge in [0.1, 0.15) is 11.5 Å². The SMILES string of the molecule is COc1ccc(N2CC(C(=O)Nc3ccc(C(C)C)cc3)CC2=O)c(OC)c1. The van der Waals surface area contributed by atoms with Crippen molar-refractivity contribution in [1.82, 2.24) is 0 Å². The van der Waals surface area contributed by atoms with Crippen LogP contribution in [0.2, 0.25) is 0 Å². The maximum absolute atomic E-state index is 12.7. The van der Waals surface area contributed by atoms with E-state index in [2.05, 4.69) is 19.2 Å². The van der Waals surface area contributed by atoms with Gasteiger partial charge in [-0.15, -0.1) is 0 Å². The fourth-order valence-corrected chi connectivity index (χ4v) is 3.32. The smallest absolute Gasteiger partial charge is 0.229 e. The van der Waals surface area contributed by atoms with Gasteiger partial charge >= 0.3 is 0 Å². The number of rotatable bonds is 6. The zero-order valence-electron chi connectivity index (χ0n) is 16.7. The summed E-state index contributed by atoms with van der Waals surface area (Å²) < 4.78 is 10.6. The van der Waals surface area contributed by atoms with E-state index in [1.807, 2.05) is 24.3 Å². The number of methoxy groups -OCH3 is 2. The minimum absolute atomic E-state index is 0.0984. The zero-order valence-corrected chi connectivity index (χ0v) is 16.7. The predicted octanol–water partition coefficient (Wildman–Crippen LogP) is 3.82. The molecule has 1 unspecified atom stereocenters. The summed E-state index contributed by atoms with van der Waals surface area (Å²) >= 11 is 0. The summed E-state index contributed by atoms with van der Waals surface area (Å²) in [5, 5.41) is 2.92. The molecule has 3 rings (SSSR count). The first-order valence-corrected chi connectivity index (χ1v) is 9.36. The largest absolute Gasteiger partial charge is 0.497 e. The fourth-order valence-electron chi connectivity index (χ4n) is 3.32. The lowest BCUT2D eigenvalue weighted by molar-refractivity contribution is -0.122. The maximum Gasteiger partial charge on any atom is 0.229 e. The first-order chi connectivity index (χ1) is 13.4. The molecule has 6 heteroatoms. The Morgan fingerprint density at radius 1 is 1.11 bits per heavy atom. The number of carbonyl (C=O) groups is 2. The highest BCUT2D eigenvalue weighted by molar-refractivity contribution is 6.04. The summed E-state index contributed by atoms with van der Waals surface area (Å²) in [7, 11) is 3.12. The normalized spacial score (nSPS) is 16.4. The number of benzene rings is 2. The summed E-state index contributed by atoms with van der Waals surface area (Å²) in [6, 6.07) is 13.1. The van der Waals surface area contributed by atoms with Gasteiger partial charge in [0.2, 0.25) is 11.8 Å². The van der Waals surface area contributed by atoms with Gasteiger partial charge in [-0.05, 0) is 35.7 Å². The third kappa shape index (κ3) is 4.11. The van der Waals surface area contributed by atoms with Crippen LogP contribution >= 0.6 is 0 Å². The summed E-state index contributed by atoms with van der Waals surface area (Å²) in [6.45, 7) is 4.57. The van der Waals surface area contributed by atoms with Crippen LogP contribution in [0.3, 0.4) is 0 Å². The Kier molecular flexibility index (Phi) is 5.87. The van der Waals surface area contributed by atoms with Gasteiger partial charge in [-0.3, -0.25) is 9.59 Å². The molecule has 0 radical (unpaired) electrons. The average Bonchev–Trinajstić information content (AvgIpc) is 3.09.